The van der Waals surface area contributed by atoms with Crippen LogP contribution in [0.4, 0.5) is 4.39 Å². The molecule has 0 unspecified atom stereocenters. The number of carbonyl (C=O) groups is 2. The number of rotatable bonds is 2. The number of halogens is 3. The van der Waals surface area contributed by atoms with Crippen molar-refractivity contribution in [3.05, 3.63) is 74.4 Å². The normalized spacial score (nSPS) is 16.0. The summed E-state index contributed by atoms with van der Waals surface area (Å²) in [5, 5.41) is 0.851. The van der Waals surface area contributed by atoms with Crippen LogP contribution in [-0.2, 0) is 4.79 Å². The van der Waals surface area contributed by atoms with Crippen molar-refractivity contribution in [2.45, 2.75) is 0 Å². The monoisotopic (exact) mass is 411 g/mol. The Balaban J connectivity index is 1.90. The van der Waals surface area contributed by atoms with E-state index in [0.29, 0.717) is 15.6 Å². The molecular weight excluding hydrogens is 404 g/mol. The van der Waals surface area contributed by atoms with Crippen molar-refractivity contribution < 1.29 is 14.0 Å². The predicted octanol–water partition coefficient (Wildman–Crippen LogP) is 5.17. The Morgan fingerprint density at radius 3 is 2.48 bits per heavy atom. The van der Waals surface area contributed by atoms with Gasteiger partial charge in [0.1, 0.15) is 5.82 Å². The molecule has 3 rings (SSSR count). The van der Waals surface area contributed by atoms with E-state index in [0.717, 1.165) is 28.8 Å². The molecule has 0 atom stereocenters. The number of amides is 2. The van der Waals surface area contributed by atoms with Crippen LogP contribution in [0.5, 0.6) is 0 Å². The van der Waals surface area contributed by atoms with Crippen molar-refractivity contribution >= 4 is 69.4 Å². The quantitative estimate of drug-likeness (QED) is 0.387. The Morgan fingerprint density at radius 2 is 1.84 bits per heavy atom. The van der Waals surface area contributed by atoms with Crippen molar-refractivity contribution in [3.8, 4) is 0 Å². The molecule has 1 aliphatic heterocycles. The van der Waals surface area contributed by atoms with Gasteiger partial charge in [0.2, 0.25) is 0 Å². The molecule has 0 saturated carbocycles. The average Bonchev–Trinajstić information content (AvgIpc) is 2.84. The molecule has 0 aromatic heterocycles. The van der Waals surface area contributed by atoms with E-state index >= 15 is 0 Å². The standard InChI is InChI=1S/C17H8Cl2FNO2S2/c18-11-4-1-10(13(19)8-11)7-14-16(23)21(17(24)25-14)15(22)9-2-5-12(20)6-3-9/h1-8H/b14-7+. The molecule has 2 amide bonds. The molecule has 8 heteroatoms. The zero-order valence-corrected chi connectivity index (χ0v) is 15.5. The highest BCUT2D eigenvalue weighted by atomic mass is 35.5. The van der Waals surface area contributed by atoms with Crippen molar-refractivity contribution in [1.82, 2.24) is 4.90 Å². The van der Waals surface area contributed by atoms with Gasteiger partial charge in [0, 0.05) is 15.6 Å². The van der Waals surface area contributed by atoms with Gasteiger partial charge in [-0.05, 0) is 48.0 Å². The van der Waals surface area contributed by atoms with E-state index in [4.69, 9.17) is 35.4 Å². The summed E-state index contributed by atoms with van der Waals surface area (Å²) in [6, 6.07) is 9.76. The molecule has 1 heterocycles. The fraction of sp³-hybridized carbons (Fsp3) is 0. The smallest absolute Gasteiger partial charge is 0.268 e. The van der Waals surface area contributed by atoms with Crippen LogP contribution in [0.2, 0.25) is 10.0 Å². The number of thiocarbonyl (C=S) groups is 1. The first-order valence-electron chi connectivity index (χ1n) is 6.90. The summed E-state index contributed by atoms with van der Waals surface area (Å²) in [6.45, 7) is 0. The summed E-state index contributed by atoms with van der Waals surface area (Å²) in [7, 11) is 0. The van der Waals surface area contributed by atoms with Gasteiger partial charge >= 0.3 is 0 Å². The van der Waals surface area contributed by atoms with Crippen molar-refractivity contribution in [3.63, 3.8) is 0 Å². The maximum Gasteiger partial charge on any atom is 0.273 e. The van der Waals surface area contributed by atoms with Crippen LogP contribution < -0.4 is 0 Å². The lowest BCUT2D eigenvalue weighted by Gasteiger charge is -2.12. The van der Waals surface area contributed by atoms with Crippen LogP contribution in [0.15, 0.2) is 47.4 Å². The first kappa shape index (κ1) is 18.1. The second kappa shape index (κ2) is 7.25. The third-order valence-electron chi connectivity index (χ3n) is 3.34. The summed E-state index contributed by atoms with van der Waals surface area (Å²) >= 11 is 18.1. The third kappa shape index (κ3) is 3.77. The van der Waals surface area contributed by atoms with Gasteiger partial charge in [-0.1, -0.05) is 53.2 Å². The predicted molar refractivity (Wildman–Crippen MR) is 102 cm³/mol. The minimum absolute atomic E-state index is 0.107. The summed E-state index contributed by atoms with van der Waals surface area (Å²) in [5.74, 6) is -1.62. The highest BCUT2D eigenvalue weighted by Gasteiger charge is 2.37. The Labute approximate surface area is 162 Å². The Bertz CT molecular complexity index is 929. The first-order valence-corrected chi connectivity index (χ1v) is 8.88. The van der Waals surface area contributed by atoms with Crippen molar-refractivity contribution in [2.75, 3.05) is 0 Å². The fourth-order valence-corrected chi connectivity index (χ4v) is 3.83. The Hall–Kier alpha value is -1.73. The molecule has 1 aliphatic rings. The molecule has 0 spiro atoms. The van der Waals surface area contributed by atoms with Gasteiger partial charge in [-0.2, -0.15) is 0 Å². The second-order valence-corrected chi connectivity index (χ2v) is 7.51. The third-order valence-corrected chi connectivity index (χ3v) is 5.20. The molecule has 0 N–H and O–H groups in total. The SMILES string of the molecule is O=C1/C(=C\c2ccc(Cl)cc2Cl)SC(=S)N1C(=O)c1ccc(F)cc1. The van der Waals surface area contributed by atoms with Crippen LogP contribution >= 0.6 is 47.2 Å². The van der Waals surface area contributed by atoms with Crippen LogP contribution in [0.1, 0.15) is 15.9 Å². The molecule has 25 heavy (non-hydrogen) atoms. The lowest BCUT2D eigenvalue weighted by molar-refractivity contribution is -0.120. The van der Waals surface area contributed by atoms with Crippen molar-refractivity contribution in [1.29, 1.82) is 0 Å². The second-order valence-electron chi connectivity index (χ2n) is 5.00. The zero-order valence-electron chi connectivity index (χ0n) is 12.3. The molecular formula is C17H8Cl2FNO2S2. The van der Waals surface area contributed by atoms with Gasteiger partial charge in [0.25, 0.3) is 11.8 Å². The molecule has 2 aromatic carbocycles. The topological polar surface area (TPSA) is 37.4 Å². The number of imide groups is 1. The highest BCUT2D eigenvalue weighted by molar-refractivity contribution is 8.26. The van der Waals surface area contributed by atoms with Gasteiger partial charge in [-0.25, -0.2) is 9.29 Å². The maximum atomic E-state index is 13.0. The van der Waals surface area contributed by atoms with Gasteiger partial charge in [0.05, 0.1) is 4.91 Å². The van der Waals surface area contributed by atoms with E-state index in [-0.39, 0.29) is 14.8 Å². The van der Waals surface area contributed by atoms with Gasteiger partial charge < -0.3 is 0 Å². The van der Waals surface area contributed by atoms with E-state index in [1.807, 2.05) is 0 Å². The Morgan fingerprint density at radius 1 is 1.16 bits per heavy atom. The van der Waals surface area contributed by atoms with Gasteiger partial charge in [-0.3, -0.25) is 9.59 Å². The molecule has 0 bridgehead atoms. The van der Waals surface area contributed by atoms with Crippen LogP contribution in [0, 0.1) is 5.82 Å². The minimum Gasteiger partial charge on any atom is -0.268 e. The summed E-state index contributed by atoms with van der Waals surface area (Å²) < 4.78 is 13.1. The molecule has 1 fully saturated rings. The van der Waals surface area contributed by atoms with E-state index in [9.17, 15) is 14.0 Å². The van der Waals surface area contributed by atoms with E-state index in [1.165, 1.54) is 12.1 Å². The van der Waals surface area contributed by atoms with Crippen LogP contribution in [-0.4, -0.2) is 21.0 Å². The first-order chi connectivity index (χ1) is 11.9. The molecule has 2 aromatic rings. The number of benzene rings is 2. The van der Waals surface area contributed by atoms with E-state index in [2.05, 4.69) is 0 Å². The lowest BCUT2D eigenvalue weighted by atomic mass is 10.2. The fourth-order valence-electron chi connectivity index (χ4n) is 2.12. The van der Waals surface area contributed by atoms with E-state index in [1.54, 1.807) is 24.3 Å². The number of thioether (sulfide) groups is 1. The van der Waals surface area contributed by atoms with Crippen molar-refractivity contribution in [2.24, 2.45) is 0 Å². The molecule has 3 nitrogen and oxygen atoms in total. The molecule has 1 saturated heterocycles. The Kier molecular flexibility index (Phi) is 5.24. The molecule has 126 valence electrons. The summed E-state index contributed by atoms with van der Waals surface area (Å²) in [6.07, 6.45) is 1.55. The van der Waals surface area contributed by atoms with Gasteiger partial charge in [-0.15, -0.1) is 0 Å². The van der Waals surface area contributed by atoms with Crippen LogP contribution in [0.25, 0.3) is 6.08 Å². The zero-order chi connectivity index (χ0) is 18.1. The largest absolute Gasteiger partial charge is 0.273 e. The number of carbonyl (C=O) groups excluding carboxylic acids is 2. The number of hydrogen-bond donors (Lipinski definition) is 0. The van der Waals surface area contributed by atoms with E-state index < -0.39 is 17.6 Å². The van der Waals surface area contributed by atoms with Crippen LogP contribution in [0.3, 0.4) is 0 Å². The number of nitrogens with zero attached hydrogens (tertiary/aromatic N) is 1. The maximum absolute atomic E-state index is 13.0. The summed E-state index contributed by atoms with van der Waals surface area (Å²) in [4.78, 5) is 26.2. The number of hydrogen-bond acceptors (Lipinski definition) is 4. The minimum atomic E-state index is -0.604. The molecule has 0 aliphatic carbocycles. The summed E-state index contributed by atoms with van der Waals surface area (Å²) in [5.41, 5.74) is 0.754. The highest BCUT2D eigenvalue weighted by Crippen LogP contribution is 2.35. The molecule has 0 radical (unpaired) electrons. The average molecular weight is 412 g/mol. The van der Waals surface area contributed by atoms with Gasteiger partial charge in [0.15, 0.2) is 4.32 Å². The lowest BCUT2D eigenvalue weighted by Crippen LogP contribution is -2.34.